The zero-order chi connectivity index (χ0) is 15.9. The summed E-state index contributed by atoms with van der Waals surface area (Å²) in [5, 5.41) is 18.6. The summed E-state index contributed by atoms with van der Waals surface area (Å²) in [6.07, 6.45) is 8.61. The Morgan fingerprint density at radius 2 is 1.55 bits per heavy atom. The smallest absolute Gasteiger partial charge is 0.477 e. The third-order valence-corrected chi connectivity index (χ3v) is 4.69. The molecule has 0 amide bonds. The molecule has 0 bridgehead atoms. The molecule has 1 saturated carbocycles. The van der Waals surface area contributed by atoms with Gasteiger partial charge in [-0.1, -0.05) is 19.3 Å². The van der Waals surface area contributed by atoms with E-state index >= 15 is 0 Å². The van der Waals surface area contributed by atoms with Crippen molar-refractivity contribution in [2.45, 2.75) is 43.5 Å². The molecule has 120 valence electrons. The summed E-state index contributed by atoms with van der Waals surface area (Å²) in [6.45, 7) is 0. The van der Waals surface area contributed by atoms with Crippen LogP contribution in [0.4, 0.5) is 17.3 Å². The minimum Gasteiger partial charge on any atom is -0.477 e. The number of carbonyl (C=O) groups is 1. The Morgan fingerprint density at radius 3 is 1.85 bits per heavy atom. The van der Waals surface area contributed by atoms with Gasteiger partial charge in [-0.3, -0.25) is 0 Å². The number of halogens is 4. The van der Waals surface area contributed by atoms with Crippen LogP contribution in [-0.4, -0.2) is 47.3 Å². The first-order valence-corrected chi connectivity index (χ1v) is 8.49. The van der Waals surface area contributed by atoms with Gasteiger partial charge in [0, 0.05) is 0 Å². The Labute approximate surface area is 119 Å². The zero-order valence-electron chi connectivity index (χ0n) is 11.6. The van der Waals surface area contributed by atoms with Crippen LogP contribution >= 0.6 is 0 Å². The van der Waals surface area contributed by atoms with Gasteiger partial charge < -0.3 is 27.5 Å². The molecule has 9 heteroatoms. The van der Waals surface area contributed by atoms with E-state index in [1.807, 2.05) is 12.5 Å². The lowest BCUT2D eigenvalue weighted by atomic mass is 9.84. The highest BCUT2D eigenvalue weighted by molar-refractivity contribution is 7.96. The molecule has 1 rings (SSSR count). The van der Waals surface area contributed by atoms with Crippen molar-refractivity contribution in [3.8, 4) is 0 Å². The van der Waals surface area contributed by atoms with Crippen LogP contribution in [-0.2, 0) is 15.7 Å². The summed E-state index contributed by atoms with van der Waals surface area (Å²) in [5.74, 6) is -0.642. The summed E-state index contributed by atoms with van der Waals surface area (Å²) in [5.41, 5.74) is 0. The summed E-state index contributed by atoms with van der Waals surface area (Å²) < 4.78 is 39.0. The molecule has 1 aliphatic carbocycles. The van der Waals surface area contributed by atoms with Gasteiger partial charge in [-0.25, -0.2) is 4.79 Å². The van der Waals surface area contributed by atoms with E-state index in [2.05, 4.69) is 0 Å². The molecule has 3 nitrogen and oxygen atoms in total. The van der Waals surface area contributed by atoms with Gasteiger partial charge >= 0.3 is 13.2 Å². The maximum atomic E-state index is 11.1. The van der Waals surface area contributed by atoms with Crippen molar-refractivity contribution in [3.05, 3.63) is 0 Å². The van der Waals surface area contributed by atoms with Gasteiger partial charge in [0.05, 0.1) is 12.5 Å². The van der Waals surface area contributed by atoms with Crippen molar-refractivity contribution in [2.24, 2.45) is 5.92 Å². The third kappa shape index (κ3) is 8.68. The summed E-state index contributed by atoms with van der Waals surface area (Å²) in [6, 6.07) is 0. The number of carboxylic acids is 1. The van der Waals surface area contributed by atoms with E-state index in [0.717, 1.165) is 25.7 Å². The lowest BCUT2D eigenvalue weighted by Gasteiger charge is -2.28. The van der Waals surface area contributed by atoms with E-state index in [1.54, 1.807) is 0 Å². The van der Waals surface area contributed by atoms with Crippen molar-refractivity contribution >= 4 is 24.1 Å². The average molecular weight is 320 g/mol. The zero-order valence-corrected chi connectivity index (χ0v) is 12.4. The highest BCUT2D eigenvalue weighted by atomic mass is 32.2. The van der Waals surface area contributed by atoms with E-state index in [1.165, 1.54) is 6.42 Å². The Bertz CT molecular complexity index is 290. The first-order chi connectivity index (χ1) is 9.04. The van der Waals surface area contributed by atoms with E-state index in [9.17, 15) is 27.2 Å². The van der Waals surface area contributed by atoms with Crippen molar-refractivity contribution in [3.63, 3.8) is 0 Å². The third-order valence-electron chi connectivity index (χ3n) is 3.19. The number of aliphatic carboxylic acids is 1. The lowest BCUT2D eigenvalue weighted by molar-refractivity contribution is -0.139. The molecule has 0 spiro atoms. The predicted octanol–water partition coefficient (Wildman–Crippen LogP) is 2.56. The van der Waals surface area contributed by atoms with Crippen LogP contribution in [0.2, 0.25) is 0 Å². The van der Waals surface area contributed by atoms with Gasteiger partial charge in [-0.15, -0.1) is 0 Å². The van der Waals surface area contributed by atoms with Crippen LogP contribution < -0.4 is 0 Å². The normalized spacial score (nSPS) is 20.0. The van der Waals surface area contributed by atoms with Crippen molar-refractivity contribution < 1.29 is 32.3 Å². The van der Waals surface area contributed by atoms with Crippen LogP contribution in [0.3, 0.4) is 0 Å². The minimum atomic E-state index is -6.00. The topological polar surface area (TPSA) is 57.5 Å². The first-order valence-electron chi connectivity index (χ1n) is 6.38. The molecule has 0 radical (unpaired) electrons. The molecular weight excluding hydrogens is 299 g/mol. The molecule has 0 aliphatic heterocycles. The fraction of sp³-hybridized carbons (Fsp3) is 0.909. The molecular formula is C11H21BF4O3S. The molecule has 1 aliphatic rings. The Balaban J connectivity index is 0.000000621. The van der Waals surface area contributed by atoms with E-state index in [4.69, 9.17) is 5.11 Å². The number of carboxylic acid groups (broad SMARTS) is 1. The quantitative estimate of drug-likeness (QED) is 0.475. The maximum Gasteiger partial charge on any atom is 0.673 e. The molecule has 2 atom stereocenters. The molecule has 0 saturated heterocycles. The molecule has 0 unspecified atom stereocenters. The Morgan fingerprint density at radius 1 is 1.15 bits per heavy atom. The van der Waals surface area contributed by atoms with Gasteiger partial charge in [0.25, 0.3) is 0 Å². The molecule has 0 aromatic rings. The van der Waals surface area contributed by atoms with Crippen LogP contribution in [0.5, 0.6) is 0 Å². The first kappa shape index (κ1) is 19.6. The van der Waals surface area contributed by atoms with E-state index in [0.29, 0.717) is 0 Å². The van der Waals surface area contributed by atoms with Crippen LogP contribution in [0.15, 0.2) is 0 Å². The van der Waals surface area contributed by atoms with Gasteiger partial charge in [0.2, 0.25) is 5.25 Å². The minimum absolute atomic E-state index is 0.203. The fourth-order valence-corrected chi connectivity index (χ4v) is 3.53. The molecule has 0 aromatic heterocycles. The van der Waals surface area contributed by atoms with Gasteiger partial charge in [0.1, 0.15) is 6.10 Å². The van der Waals surface area contributed by atoms with E-state index in [-0.39, 0.29) is 16.8 Å². The molecule has 2 N–H and O–H groups in total. The summed E-state index contributed by atoms with van der Waals surface area (Å²) in [4.78, 5) is 11.1. The molecule has 20 heavy (non-hydrogen) atoms. The molecule has 1 fully saturated rings. The van der Waals surface area contributed by atoms with Gasteiger partial charge in [-0.05, 0) is 29.7 Å². The number of aliphatic hydroxyl groups excluding tert-OH is 1. The largest absolute Gasteiger partial charge is 0.673 e. The van der Waals surface area contributed by atoms with Gasteiger partial charge in [-0.2, -0.15) is 0 Å². The number of aliphatic hydroxyl groups is 1. The number of hydrogen-bond acceptors (Lipinski definition) is 2. The van der Waals surface area contributed by atoms with Crippen LogP contribution in [0.1, 0.15) is 32.1 Å². The number of rotatable bonds is 4. The second kappa shape index (κ2) is 8.76. The Hall–Kier alpha value is -0.435. The summed E-state index contributed by atoms with van der Waals surface area (Å²) >= 11 is 0. The molecule has 0 heterocycles. The fourth-order valence-electron chi connectivity index (χ4n) is 2.35. The highest BCUT2D eigenvalue weighted by Gasteiger charge is 2.41. The van der Waals surface area contributed by atoms with Crippen LogP contribution in [0.25, 0.3) is 0 Å². The predicted molar refractivity (Wildman–Crippen MR) is 73.4 cm³/mol. The van der Waals surface area contributed by atoms with Crippen molar-refractivity contribution in [2.75, 3.05) is 12.5 Å². The monoisotopic (exact) mass is 320 g/mol. The summed E-state index contributed by atoms with van der Waals surface area (Å²) in [7, 11) is -6.26. The second-order valence-corrected chi connectivity index (χ2v) is 7.29. The standard InChI is InChI=1S/C11H20O3S.BF4/c1-15(2)10(11(13)14)9(12)8-6-4-3-5-7-8;2-1(3,4)5/h8-10,12H,3-7H2,1-2H3;/q;-1/p+1/t9-,10+;/m1./s1. The number of hydrogen-bond donors (Lipinski definition) is 2. The Kier molecular flexibility index (Phi) is 8.57. The SMILES string of the molecule is C[S+](C)[C@H](C(=O)O)[C@H](O)C1CCCCC1.F[B-](F)(F)F. The average Bonchev–Trinajstić information content (AvgIpc) is 2.26. The van der Waals surface area contributed by atoms with Crippen molar-refractivity contribution in [1.82, 2.24) is 0 Å². The molecule has 0 aromatic carbocycles. The van der Waals surface area contributed by atoms with Gasteiger partial charge in [0.15, 0.2) is 0 Å². The lowest BCUT2D eigenvalue weighted by Crippen LogP contribution is -2.44. The van der Waals surface area contributed by atoms with E-state index < -0.39 is 24.6 Å². The van der Waals surface area contributed by atoms with Crippen LogP contribution in [0, 0.1) is 5.92 Å². The second-order valence-electron chi connectivity index (χ2n) is 5.02. The highest BCUT2D eigenvalue weighted by Crippen LogP contribution is 2.29. The van der Waals surface area contributed by atoms with Crippen molar-refractivity contribution in [1.29, 1.82) is 0 Å². The maximum absolute atomic E-state index is 11.1.